The van der Waals surface area contributed by atoms with E-state index in [4.69, 9.17) is 34.8 Å². The predicted octanol–water partition coefficient (Wildman–Crippen LogP) is 3.35. The predicted molar refractivity (Wildman–Crippen MR) is 40.0 cm³/mol. The van der Waals surface area contributed by atoms with Crippen LogP contribution in [0, 0.1) is 5.92 Å². The molecule has 0 fully saturated rings. The molecule has 0 heterocycles. The van der Waals surface area contributed by atoms with E-state index in [9.17, 15) is 4.39 Å². The van der Waals surface area contributed by atoms with E-state index in [0.29, 0.717) is 0 Å². The van der Waals surface area contributed by atoms with Crippen molar-refractivity contribution in [1.29, 1.82) is 0 Å². The van der Waals surface area contributed by atoms with Gasteiger partial charge in [0.1, 0.15) is 0 Å². The van der Waals surface area contributed by atoms with Crippen LogP contribution >= 0.6 is 34.8 Å². The minimum Gasteiger partial charge on any atom is -0.206 e. The van der Waals surface area contributed by atoms with Crippen molar-refractivity contribution in [2.24, 2.45) is 5.92 Å². The second-order valence-electron chi connectivity index (χ2n) is 2.19. The van der Waals surface area contributed by atoms with Crippen LogP contribution in [0.1, 0.15) is 13.8 Å². The SMILES string of the molecule is CC(C)C(Cl)C(F)(Cl)Cl. The van der Waals surface area contributed by atoms with Crippen molar-refractivity contribution < 1.29 is 4.39 Å². The molecule has 4 heteroatoms. The van der Waals surface area contributed by atoms with E-state index in [-0.39, 0.29) is 5.92 Å². The summed E-state index contributed by atoms with van der Waals surface area (Å²) in [4.78, 5) is 0. The Morgan fingerprint density at radius 1 is 1.33 bits per heavy atom. The molecule has 1 atom stereocenters. The Balaban J connectivity index is 3.88. The molecule has 56 valence electrons. The second-order valence-corrected chi connectivity index (χ2v) is 3.95. The first-order chi connectivity index (χ1) is 3.85. The van der Waals surface area contributed by atoms with Crippen molar-refractivity contribution in [2.75, 3.05) is 0 Å². The summed E-state index contributed by atoms with van der Waals surface area (Å²) in [6.45, 7) is 3.49. The van der Waals surface area contributed by atoms with E-state index < -0.39 is 9.96 Å². The summed E-state index contributed by atoms with van der Waals surface area (Å²) in [6.07, 6.45) is 0. The molecule has 0 aliphatic carbocycles. The average molecular weight is 193 g/mol. The van der Waals surface area contributed by atoms with Crippen molar-refractivity contribution in [3.63, 3.8) is 0 Å². The summed E-state index contributed by atoms with van der Waals surface area (Å²) in [7, 11) is 0. The third-order valence-corrected chi connectivity index (χ3v) is 2.40. The van der Waals surface area contributed by atoms with Crippen LogP contribution in [0.25, 0.3) is 0 Å². The Kier molecular flexibility index (Phi) is 3.56. The summed E-state index contributed by atoms with van der Waals surface area (Å²) < 4.78 is 10.1. The standard InChI is InChI=1S/C5H8Cl3F/c1-3(2)4(6)5(7,8)9/h3-4H,1-2H3. The zero-order valence-electron chi connectivity index (χ0n) is 5.17. The molecular weight excluding hydrogens is 185 g/mol. The maximum Gasteiger partial charge on any atom is 0.273 e. The lowest BCUT2D eigenvalue weighted by Crippen LogP contribution is -2.25. The third kappa shape index (κ3) is 3.49. The molecule has 0 nitrogen and oxygen atoms in total. The lowest BCUT2D eigenvalue weighted by atomic mass is 10.1. The van der Waals surface area contributed by atoms with Gasteiger partial charge in [0.2, 0.25) is 0 Å². The van der Waals surface area contributed by atoms with Crippen molar-refractivity contribution in [3.8, 4) is 0 Å². The Morgan fingerprint density at radius 2 is 1.67 bits per heavy atom. The lowest BCUT2D eigenvalue weighted by molar-refractivity contribution is 0.338. The fourth-order valence-electron chi connectivity index (χ4n) is 0.378. The van der Waals surface area contributed by atoms with E-state index in [0.717, 1.165) is 0 Å². The van der Waals surface area contributed by atoms with Crippen molar-refractivity contribution >= 4 is 34.8 Å². The zero-order valence-corrected chi connectivity index (χ0v) is 7.43. The normalized spacial score (nSPS) is 16.3. The van der Waals surface area contributed by atoms with Crippen LogP contribution in [-0.2, 0) is 0 Å². The van der Waals surface area contributed by atoms with Gasteiger partial charge < -0.3 is 0 Å². The highest BCUT2D eigenvalue weighted by Gasteiger charge is 2.35. The molecule has 0 aliphatic heterocycles. The first-order valence-corrected chi connectivity index (χ1v) is 3.75. The van der Waals surface area contributed by atoms with Crippen LogP contribution in [0.2, 0.25) is 0 Å². The fourth-order valence-corrected chi connectivity index (χ4v) is 0.882. The first kappa shape index (κ1) is 9.80. The Labute approximate surface area is 69.3 Å². The van der Waals surface area contributed by atoms with Gasteiger partial charge in [0.25, 0.3) is 4.59 Å². The van der Waals surface area contributed by atoms with Crippen LogP contribution in [-0.4, -0.2) is 9.96 Å². The minimum atomic E-state index is -2.31. The Morgan fingerprint density at radius 3 is 1.67 bits per heavy atom. The van der Waals surface area contributed by atoms with Gasteiger partial charge in [0.05, 0.1) is 5.38 Å². The van der Waals surface area contributed by atoms with Gasteiger partial charge in [-0.1, -0.05) is 37.0 Å². The van der Waals surface area contributed by atoms with Gasteiger partial charge in [-0.25, -0.2) is 4.39 Å². The average Bonchev–Trinajstić information content (AvgIpc) is 1.62. The second kappa shape index (κ2) is 3.27. The molecule has 0 amide bonds. The molecule has 0 bridgehead atoms. The van der Waals surface area contributed by atoms with Gasteiger partial charge >= 0.3 is 0 Å². The van der Waals surface area contributed by atoms with E-state index in [1.165, 1.54) is 0 Å². The molecule has 0 aliphatic rings. The van der Waals surface area contributed by atoms with Crippen LogP contribution in [0.3, 0.4) is 0 Å². The maximum atomic E-state index is 12.4. The highest BCUT2D eigenvalue weighted by molar-refractivity contribution is 6.51. The zero-order chi connectivity index (χ0) is 7.65. The minimum absolute atomic E-state index is 0.0633. The van der Waals surface area contributed by atoms with Gasteiger partial charge in [0, 0.05) is 0 Å². The van der Waals surface area contributed by atoms with Gasteiger partial charge in [0.15, 0.2) is 0 Å². The topological polar surface area (TPSA) is 0 Å². The quantitative estimate of drug-likeness (QED) is 0.590. The van der Waals surface area contributed by atoms with Crippen molar-refractivity contribution in [2.45, 2.75) is 23.8 Å². The van der Waals surface area contributed by atoms with Gasteiger partial charge in [-0.05, 0) is 5.92 Å². The van der Waals surface area contributed by atoms with Crippen molar-refractivity contribution in [3.05, 3.63) is 0 Å². The maximum absolute atomic E-state index is 12.4. The molecule has 0 aromatic heterocycles. The molecule has 9 heavy (non-hydrogen) atoms. The van der Waals surface area contributed by atoms with Gasteiger partial charge in [-0.2, -0.15) is 0 Å². The van der Waals surface area contributed by atoms with E-state index in [1.807, 2.05) is 0 Å². The summed E-state index contributed by atoms with van der Waals surface area (Å²) >= 11 is 15.5. The molecule has 0 rings (SSSR count). The summed E-state index contributed by atoms with van der Waals surface area (Å²) in [6, 6.07) is 0. The largest absolute Gasteiger partial charge is 0.273 e. The summed E-state index contributed by atoms with van der Waals surface area (Å²) in [5, 5.41) is -0.846. The highest BCUT2D eigenvalue weighted by atomic mass is 35.5. The molecule has 0 N–H and O–H groups in total. The molecule has 0 radical (unpaired) electrons. The molecule has 0 saturated carbocycles. The van der Waals surface area contributed by atoms with E-state index in [2.05, 4.69) is 0 Å². The van der Waals surface area contributed by atoms with Crippen LogP contribution in [0.15, 0.2) is 0 Å². The monoisotopic (exact) mass is 192 g/mol. The first-order valence-electron chi connectivity index (χ1n) is 2.56. The number of halogens is 4. The molecular formula is C5H8Cl3F. The van der Waals surface area contributed by atoms with Crippen LogP contribution < -0.4 is 0 Å². The number of hydrogen-bond donors (Lipinski definition) is 0. The number of alkyl halides is 4. The number of hydrogen-bond acceptors (Lipinski definition) is 0. The Bertz CT molecular complexity index is 86.7. The van der Waals surface area contributed by atoms with Crippen molar-refractivity contribution in [1.82, 2.24) is 0 Å². The molecule has 0 aromatic rings. The highest BCUT2D eigenvalue weighted by Crippen LogP contribution is 2.34. The molecule has 0 saturated heterocycles. The number of rotatable bonds is 2. The van der Waals surface area contributed by atoms with Gasteiger partial charge in [-0.15, -0.1) is 11.6 Å². The van der Waals surface area contributed by atoms with Crippen LogP contribution in [0.4, 0.5) is 4.39 Å². The third-order valence-electron chi connectivity index (χ3n) is 0.898. The fraction of sp³-hybridized carbons (Fsp3) is 1.00. The summed E-state index contributed by atoms with van der Waals surface area (Å²) in [5.41, 5.74) is 0. The molecule has 0 aromatic carbocycles. The molecule has 0 spiro atoms. The van der Waals surface area contributed by atoms with E-state index in [1.54, 1.807) is 13.8 Å². The van der Waals surface area contributed by atoms with Crippen LogP contribution in [0.5, 0.6) is 0 Å². The van der Waals surface area contributed by atoms with Gasteiger partial charge in [-0.3, -0.25) is 0 Å². The van der Waals surface area contributed by atoms with E-state index >= 15 is 0 Å². The smallest absolute Gasteiger partial charge is 0.206 e. The Hall–Kier alpha value is 0.800. The lowest BCUT2D eigenvalue weighted by Gasteiger charge is -2.19. The summed E-state index contributed by atoms with van der Waals surface area (Å²) in [5.74, 6) is -0.0633. The molecule has 1 unspecified atom stereocenters.